The number of H-pyrrole nitrogens is 1. The summed E-state index contributed by atoms with van der Waals surface area (Å²) in [6.45, 7) is 2.35. The molecule has 0 aliphatic carbocycles. The number of hydrogen-bond acceptors (Lipinski definition) is 3. The molecule has 0 bridgehead atoms. The van der Waals surface area contributed by atoms with Crippen LogP contribution in [0.2, 0.25) is 5.02 Å². The standard InChI is InChI=1S/C14H12ClN3O/c1-9-5-12-14(16-7-9)18-13(17-12)8-19-11-4-2-3-10(15)6-11/h2-7H,8H2,1H3,(H,16,17,18). The molecule has 19 heavy (non-hydrogen) atoms. The fraction of sp³-hybridized carbons (Fsp3) is 0.143. The lowest BCUT2D eigenvalue weighted by Gasteiger charge is -2.03. The number of aromatic amines is 1. The van der Waals surface area contributed by atoms with Gasteiger partial charge < -0.3 is 9.72 Å². The van der Waals surface area contributed by atoms with Gasteiger partial charge >= 0.3 is 0 Å². The first-order valence-electron chi connectivity index (χ1n) is 5.90. The molecule has 1 aromatic carbocycles. The van der Waals surface area contributed by atoms with Crippen LogP contribution in [0.4, 0.5) is 0 Å². The Hall–Kier alpha value is -2.07. The van der Waals surface area contributed by atoms with Crippen molar-refractivity contribution in [2.75, 3.05) is 0 Å². The first-order valence-corrected chi connectivity index (χ1v) is 6.28. The molecule has 0 aliphatic heterocycles. The zero-order valence-corrected chi connectivity index (χ0v) is 11.1. The lowest BCUT2D eigenvalue weighted by molar-refractivity contribution is 0.297. The van der Waals surface area contributed by atoms with Crippen LogP contribution in [0.1, 0.15) is 11.4 Å². The molecule has 3 aromatic rings. The first-order chi connectivity index (χ1) is 9.20. The van der Waals surface area contributed by atoms with Crippen LogP contribution in [-0.4, -0.2) is 15.0 Å². The maximum Gasteiger partial charge on any atom is 0.177 e. The maximum absolute atomic E-state index is 5.89. The highest BCUT2D eigenvalue weighted by atomic mass is 35.5. The molecule has 0 fully saturated rings. The number of ether oxygens (including phenoxy) is 1. The molecule has 0 radical (unpaired) electrons. The van der Waals surface area contributed by atoms with Crippen molar-refractivity contribution in [1.29, 1.82) is 0 Å². The molecule has 0 saturated carbocycles. The molecule has 0 spiro atoms. The third kappa shape index (κ3) is 2.69. The summed E-state index contributed by atoms with van der Waals surface area (Å²) in [4.78, 5) is 11.8. The summed E-state index contributed by atoms with van der Waals surface area (Å²) in [5.41, 5.74) is 2.72. The third-order valence-corrected chi connectivity index (χ3v) is 2.93. The second-order valence-electron chi connectivity index (χ2n) is 4.31. The van der Waals surface area contributed by atoms with E-state index < -0.39 is 0 Å². The Balaban J connectivity index is 1.78. The van der Waals surface area contributed by atoms with Gasteiger partial charge in [-0.15, -0.1) is 0 Å². The van der Waals surface area contributed by atoms with E-state index in [0.717, 1.165) is 22.7 Å². The highest BCUT2D eigenvalue weighted by Crippen LogP contribution is 2.18. The number of hydrogen-bond donors (Lipinski definition) is 1. The molecule has 2 heterocycles. The summed E-state index contributed by atoms with van der Waals surface area (Å²) in [7, 11) is 0. The van der Waals surface area contributed by atoms with Crippen LogP contribution >= 0.6 is 11.6 Å². The molecule has 0 unspecified atom stereocenters. The van der Waals surface area contributed by atoms with Crippen LogP contribution in [-0.2, 0) is 6.61 Å². The van der Waals surface area contributed by atoms with Crippen molar-refractivity contribution in [3.05, 3.63) is 52.9 Å². The largest absolute Gasteiger partial charge is 0.486 e. The van der Waals surface area contributed by atoms with E-state index in [1.54, 1.807) is 12.3 Å². The predicted molar refractivity (Wildman–Crippen MR) is 74.4 cm³/mol. The van der Waals surface area contributed by atoms with Gasteiger partial charge in [0.1, 0.15) is 18.2 Å². The van der Waals surface area contributed by atoms with E-state index in [2.05, 4.69) is 15.0 Å². The molecular formula is C14H12ClN3O. The van der Waals surface area contributed by atoms with Crippen molar-refractivity contribution in [2.24, 2.45) is 0 Å². The van der Waals surface area contributed by atoms with Crippen LogP contribution in [0.5, 0.6) is 5.75 Å². The van der Waals surface area contributed by atoms with Crippen molar-refractivity contribution in [2.45, 2.75) is 13.5 Å². The molecule has 4 nitrogen and oxygen atoms in total. The molecule has 1 N–H and O–H groups in total. The van der Waals surface area contributed by atoms with Gasteiger partial charge in [-0.3, -0.25) is 0 Å². The van der Waals surface area contributed by atoms with E-state index in [0.29, 0.717) is 17.3 Å². The zero-order valence-electron chi connectivity index (χ0n) is 10.4. The summed E-state index contributed by atoms with van der Waals surface area (Å²) in [5.74, 6) is 1.46. The van der Waals surface area contributed by atoms with Gasteiger partial charge in [-0.1, -0.05) is 17.7 Å². The predicted octanol–water partition coefficient (Wildman–Crippen LogP) is 3.50. The average Bonchev–Trinajstić information content (AvgIpc) is 2.78. The van der Waals surface area contributed by atoms with E-state index in [1.165, 1.54) is 0 Å². The second-order valence-corrected chi connectivity index (χ2v) is 4.75. The number of benzene rings is 1. The molecule has 2 aromatic heterocycles. The minimum atomic E-state index is 0.357. The van der Waals surface area contributed by atoms with Crippen LogP contribution in [0.25, 0.3) is 11.2 Å². The van der Waals surface area contributed by atoms with E-state index in [1.807, 2.05) is 31.2 Å². The molecule has 3 rings (SSSR count). The normalized spacial score (nSPS) is 10.8. The van der Waals surface area contributed by atoms with Gasteiger partial charge in [-0.25, -0.2) is 9.97 Å². The van der Waals surface area contributed by atoms with Crippen molar-refractivity contribution in [3.8, 4) is 5.75 Å². The van der Waals surface area contributed by atoms with Gasteiger partial charge in [-0.05, 0) is 36.8 Å². The summed E-state index contributed by atoms with van der Waals surface area (Å²) in [5, 5.41) is 0.652. The van der Waals surface area contributed by atoms with E-state index in [4.69, 9.17) is 16.3 Å². The van der Waals surface area contributed by atoms with E-state index in [9.17, 15) is 0 Å². The van der Waals surface area contributed by atoms with Crippen molar-refractivity contribution >= 4 is 22.8 Å². The van der Waals surface area contributed by atoms with Gasteiger partial charge in [-0.2, -0.15) is 0 Å². The highest BCUT2D eigenvalue weighted by Gasteiger charge is 2.05. The molecule has 0 aliphatic rings. The topological polar surface area (TPSA) is 50.8 Å². The maximum atomic E-state index is 5.89. The molecule has 0 atom stereocenters. The number of nitrogens with one attached hydrogen (secondary N) is 1. The van der Waals surface area contributed by atoms with Gasteiger partial charge in [0.2, 0.25) is 0 Å². The van der Waals surface area contributed by atoms with E-state index in [-0.39, 0.29) is 0 Å². The van der Waals surface area contributed by atoms with Gasteiger partial charge in [0.25, 0.3) is 0 Å². The lowest BCUT2D eigenvalue weighted by atomic mass is 10.3. The Labute approximate surface area is 115 Å². The van der Waals surface area contributed by atoms with Gasteiger partial charge in [0.15, 0.2) is 5.65 Å². The average molecular weight is 274 g/mol. The van der Waals surface area contributed by atoms with Gasteiger partial charge in [0, 0.05) is 11.2 Å². The molecule has 96 valence electrons. The van der Waals surface area contributed by atoms with Crippen molar-refractivity contribution in [3.63, 3.8) is 0 Å². The number of imidazole rings is 1. The minimum Gasteiger partial charge on any atom is -0.486 e. The van der Waals surface area contributed by atoms with Gasteiger partial charge in [0.05, 0.1) is 5.52 Å². The number of aryl methyl sites for hydroxylation is 1. The SMILES string of the molecule is Cc1cnc2nc(COc3cccc(Cl)c3)[nH]c2c1. The summed E-state index contributed by atoms with van der Waals surface area (Å²) in [6.07, 6.45) is 1.80. The number of aromatic nitrogens is 3. The fourth-order valence-electron chi connectivity index (χ4n) is 1.83. The Kier molecular flexibility index (Phi) is 3.09. The minimum absolute atomic E-state index is 0.357. The van der Waals surface area contributed by atoms with Crippen LogP contribution in [0.15, 0.2) is 36.5 Å². The smallest absolute Gasteiger partial charge is 0.177 e. The van der Waals surface area contributed by atoms with Crippen LogP contribution in [0.3, 0.4) is 0 Å². The first kappa shape index (κ1) is 12.0. The lowest BCUT2D eigenvalue weighted by Crippen LogP contribution is -1.97. The number of nitrogens with zero attached hydrogens (tertiary/aromatic N) is 2. The fourth-order valence-corrected chi connectivity index (χ4v) is 2.01. The Morgan fingerprint density at radius 2 is 2.21 bits per heavy atom. The summed E-state index contributed by atoms with van der Waals surface area (Å²) < 4.78 is 5.63. The number of fused-ring (bicyclic) bond motifs is 1. The van der Waals surface area contributed by atoms with Crippen molar-refractivity contribution in [1.82, 2.24) is 15.0 Å². The molecule has 0 amide bonds. The third-order valence-electron chi connectivity index (χ3n) is 2.69. The Morgan fingerprint density at radius 1 is 1.32 bits per heavy atom. The number of rotatable bonds is 3. The molecule has 0 saturated heterocycles. The molecule has 5 heteroatoms. The summed E-state index contributed by atoms with van der Waals surface area (Å²) in [6, 6.07) is 9.30. The molecular weight excluding hydrogens is 262 g/mol. The Bertz CT molecular complexity index is 724. The zero-order chi connectivity index (χ0) is 13.2. The second kappa shape index (κ2) is 4.90. The number of pyridine rings is 1. The Morgan fingerprint density at radius 3 is 3.05 bits per heavy atom. The highest BCUT2D eigenvalue weighted by molar-refractivity contribution is 6.30. The van der Waals surface area contributed by atoms with Crippen LogP contribution in [0, 0.1) is 6.92 Å². The monoisotopic (exact) mass is 273 g/mol. The van der Waals surface area contributed by atoms with E-state index >= 15 is 0 Å². The quantitative estimate of drug-likeness (QED) is 0.795. The van der Waals surface area contributed by atoms with Crippen LogP contribution < -0.4 is 4.74 Å². The van der Waals surface area contributed by atoms with Crippen molar-refractivity contribution < 1.29 is 4.74 Å². The summed E-state index contributed by atoms with van der Waals surface area (Å²) >= 11 is 5.89. The number of halogens is 1.